The summed E-state index contributed by atoms with van der Waals surface area (Å²) in [6.07, 6.45) is 3.46. The summed E-state index contributed by atoms with van der Waals surface area (Å²) in [5.41, 5.74) is 0. The van der Waals surface area contributed by atoms with E-state index >= 15 is 0 Å². The van der Waals surface area contributed by atoms with E-state index in [1.165, 1.54) is 0 Å². The predicted molar refractivity (Wildman–Crippen MR) is 61.4 cm³/mol. The Balaban J connectivity index is 2.50. The summed E-state index contributed by atoms with van der Waals surface area (Å²) in [5, 5.41) is 16.9. The van der Waals surface area contributed by atoms with Crippen molar-refractivity contribution in [2.45, 2.75) is 0 Å². The van der Waals surface area contributed by atoms with Crippen LogP contribution >= 0.6 is 22.6 Å². The van der Waals surface area contributed by atoms with E-state index < -0.39 is 0 Å². The molecule has 0 amide bonds. The lowest BCUT2D eigenvalue weighted by molar-refractivity contribution is -0.413. The van der Waals surface area contributed by atoms with Crippen molar-refractivity contribution in [1.82, 2.24) is 4.90 Å². The molecule has 0 aliphatic carbocycles. The maximum absolute atomic E-state index is 7.18. The third kappa shape index (κ3) is 3.23. The fourth-order valence-corrected chi connectivity index (χ4v) is 0.937. The standard InChI is InChI=1S/C7H10IN5/c1-13(2)7-10-6(11-12-7)4-3-5(8)9/h3-4,9H,1-2H3,(H,10,11,12)/p+1/b4-3-,9-5?. The highest BCUT2D eigenvalue weighted by atomic mass is 127. The summed E-state index contributed by atoms with van der Waals surface area (Å²) in [5.74, 6) is 1.62. The second-order valence-corrected chi connectivity index (χ2v) is 3.87. The third-order valence-corrected chi connectivity index (χ3v) is 1.76. The van der Waals surface area contributed by atoms with Crippen molar-refractivity contribution in [2.75, 3.05) is 14.1 Å². The molecule has 1 aliphatic rings. The van der Waals surface area contributed by atoms with Crippen molar-refractivity contribution in [1.29, 1.82) is 5.41 Å². The Kier molecular flexibility index (Phi) is 3.55. The van der Waals surface area contributed by atoms with Crippen LogP contribution in [-0.4, -0.2) is 34.5 Å². The van der Waals surface area contributed by atoms with Crippen LogP contribution in [0, 0.1) is 5.41 Å². The van der Waals surface area contributed by atoms with Gasteiger partial charge in [0.05, 0.1) is 3.72 Å². The minimum absolute atomic E-state index is 0.479. The number of hydrogen-bond acceptors (Lipinski definition) is 4. The van der Waals surface area contributed by atoms with Crippen molar-refractivity contribution in [3.8, 4) is 0 Å². The van der Waals surface area contributed by atoms with Gasteiger partial charge in [-0.25, -0.2) is 5.32 Å². The van der Waals surface area contributed by atoms with Crippen LogP contribution in [0.4, 0.5) is 0 Å². The van der Waals surface area contributed by atoms with Crippen LogP contribution in [0.25, 0.3) is 0 Å². The van der Waals surface area contributed by atoms with Gasteiger partial charge in [-0.1, -0.05) is 10.2 Å². The smallest absolute Gasteiger partial charge is 0.315 e. The average Bonchev–Trinajstić information content (AvgIpc) is 2.48. The molecule has 1 heterocycles. The van der Waals surface area contributed by atoms with Crippen LogP contribution in [0.5, 0.6) is 0 Å². The lowest BCUT2D eigenvalue weighted by Crippen LogP contribution is -2.92. The topological polar surface area (TPSA) is 68.4 Å². The van der Waals surface area contributed by atoms with E-state index in [4.69, 9.17) is 5.41 Å². The SMILES string of the molecule is CN(C)C1=NN=C(/C=C\C(=N)I)[NH2+]1. The van der Waals surface area contributed by atoms with Gasteiger partial charge in [-0.2, -0.15) is 0 Å². The molecule has 0 saturated carbocycles. The van der Waals surface area contributed by atoms with Crippen molar-refractivity contribution in [2.24, 2.45) is 10.2 Å². The van der Waals surface area contributed by atoms with Gasteiger partial charge in [-0.15, -0.1) is 0 Å². The summed E-state index contributed by atoms with van der Waals surface area (Å²) < 4.78 is 0.479. The van der Waals surface area contributed by atoms with Gasteiger partial charge in [0.15, 0.2) is 0 Å². The fraction of sp³-hybridized carbons (Fsp3) is 0.286. The van der Waals surface area contributed by atoms with Crippen molar-refractivity contribution in [3.63, 3.8) is 0 Å². The first-order chi connectivity index (χ1) is 6.09. The Morgan fingerprint density at radius 2 is 2.23 bits per heavy atom. The van der Waals surface area contributed by atoms with Gasteiger partial charge in [0.25, 0.3) is 5.84 Å². The number of rotatable bonds is 2. The molecule has 0 saturated heterocycles. The number of nitrogens with one attached hydrogen (secondary N) is 1. The molecule has 0 unspecified atom stereocenters. The molecule has 3 N–H and O–H groups in total. The molecule has 13 heavy (non-hydrogen) atoms. The molecule has 0 spiro atoms. The molecule has 0 aromatic rings. The Morgan fingerprint density at radius 1 is 1.54 bits per heavy atom. The first kappa shape index (κ1) is 10.3. The van der Waals surface area contributed by atoms with E-state index in [1.54, 1.807) is 12.2 Å². The van der Waals surface area contributed by atoms with Gasteiger partial charge in [0, 0.05) is 20.2 Å². The molecule has 0 aromatic heterocycles. The monoisotopic (exact) mass is 292 g/mol. The summed E-state index contributed by atoms with van der Waals surface area (Å²) in [6, 6.07) is 0. The van der Waals surface area contributed by atoms with Gasteiger partial charge in [0.1, 0.15) is 0 Å². The molecule has 0 aromatic carbocycles. The maximum atomic E-state index is 7.18. The lowest BCUT2D eigenvalue weighted by atomic mass is 10.5. The molecule has 0 fully saturated rings. The Bertz CT molecular complexity index is 302. The van der Waals surface area contributed by atoms with Gasteiger partial charge in [-0.05, 0) is 28.7 Å². The summed E-state index contributed by atoms with van der Waals surface area (Å²) in [4.78, 5) is 1.89. The van der Waals surface area contributed by atoms with Crippen LogP contribution in [-0.2, 0) is 0 Å². The summed E-state index contributed by atoms with van der Waals surface area (Å²) in [7, 11) is 3.83. The van der Waals surface area contributed by atoms with E-state index in [0.717, 1.165) is 11.8 Å². The van der Waals surface area contributed by atoms with Crippen LogP contribution in [0.1, 0.15) is 0 Å². The molecular formula is C7H11IN5+. The van der Waals surface area contributed by atoms with Crippen molar-refractivity contribution < 1.29 is 5.32 Å². The van der Waals surface area contributed by atoms with E-state index in [-0.39, 0.29) is 0 Å². The first-order valence-corrected chi connectivity index (χ1v) is 4.77. The average molecular weight is 292 g/mol. The van der Waals surface area contributed by atoms with Gasteiger partial charge in [-0.3, -0.25) is 5.41 Å². The highest BCUT2D eigenvalue weighted by Gasteiger charge is 2.16. The Labute approximate surface area is 90.3 Å². The van der Waals surface area contributed by atoms with Crippen LogP contribution in [0.3, 0.4) is 0 Å². The molecule has 6 heteroatoms. The number of nitrogens with zero attached hydrogens (tertiary/aromatic N) is 3. The number of amidine groups is 1. The first-order valence-electron chi connectivity index (χ1n) is 3.69. The maximum Gasteiger partial charge on any atom is 0.326 e. The highest BCUT2D eigenvalue weighted by Crippen LogP contribution is 1.90. The van der Waals surface area contributed by atoms with E-state index in [2.05, 4.69) is 10.2 Å². The molecule has 1 rings (SSSR count). The second kappa shape index (κ2) is 4.47. The number of halogens is 1. The number of allylic oxidation sites excluding steroid dienone is 1. The zero-order chi connectivity index (χ0) is 9.84. The zero-order valence-electron chi connectivity index (χ0n) is 7.45. The van der Waals surface area contributed by atoms with Crippen LogP contribution in [0.15, 0.2) is 22.4 Å². The van der Waals surface area contributed by atoms with Crippen molar-refractivity contribution in [3.05, 3.63) is 12.2 Å². The highest BCUT2D eigenvalue weighted by molar-refractivity contribution is 14.1. The third-order valence-electron chi connectivity index (χ3n) is 1.40. The number of quaternary nitrogens is 1. The van der Waals surface area contributed by atoms with E-state index in [9.17, 15) is 0 Å². The van der Waals surface area contributed by atoms with E-state index in [1.807, 2.05) is 46.9 Å². The van der Waals surface area contributed by atoms with E-state index in [0.29, 0.717) is 3.72 Å². The Hall–Kier alpha value is -0.760. The largest absolute Gasteiger partial charge is 0.326 e. The molecule has 0 radical (unpaired) electrons. The second-order valence-electron chi connectivity index (χ2n) is 2.70. The molecule has 0 atom stereocenters. The fourth-order valence-electron chi connectivity index (χ4n) is 0.758. The molecule has 0 bridgehead atoms. The van der Waals surface area contributed by atoms with Gasteiger partial charge in [0.2, 0.25) is 0 Å². The minimum Gasteiger partial charge on any atom is -0.315 e. The minimum atomic E-state index is 0.479. The molecule has 5 nitrogen and oxygen atoms in total. The molecule has 70 valence electrons. The Morgan fingerprint density at radius 3 is 2.69 bits per heavy atom. The molecule has 1 aliphatic heterocycles. The normalized spacial score (nSPS) is 15.9. The zero-order valence-corrected chi connectivity index (χ0v) is 9.61. The van der Waals surface area contributed by atoms with Crippen LogP contribution < -0.4 is 5.32 Å². The number of hydrogen-bond donors (Lipinski definition) is 2. The lowest BCUT2D eigenvalue weighted by Gasteiger charge is -2.05. The quantitative estimate of drug-likeness (QED) is 0.535. The number of nitrogens with two attached hydrogens (primary N) is 1. The van der Waals surface area contributed by atoms with Gasteiger partial charge >= 0.3 is 5.96 Å². The van der Waals surface area contributed by atoms with Gasteiger partial charge < -0.3 is 4.90 Å². The molecular weight excluding hydrogens is 281 g/mol. The van der Waals surface area contributed by atoms with Crippen LogP contribution in [0.2, 0.25) is 0 Å². The predicted octanol–water partition coefficient (Wildman–Crippen LogP) is -0.237. The number of guanidine groups is 1. The summed E-state index contributed by atoms with van der Waals surface area (Å²) >= 11 is 1.93. The van der Waals surface area contributed by atoms with Crippen molar-refractivity contribution >= 4 is 38.1 Å². The summed E-state index contributed by atoms with van der Waals surface area (Å²) in [6.45, 7) is 0.